The number of ether oxygens (including phenoxy) is 1. The van der Waals surface area contributed by atoms with Crippen molar-refractivity contribution in [2.75, 3.05) is 0 Å². The Kier molecular flexibility index (Phi) is 1.82. The number of allylic oxidation sites excluding steroid dienone is 1. The molecule has 1 heterocycles. The number of fused-ring (bicyclic) bond motifs is 2. The quantitative estimate of drug-likeness (QED) is 0.569. The Morgan fingerprint density at radius 3 is 3.00 bits per heavy atom. The second-order valence-corrected chi connectivity index (χ2v) is 4.19. The molecule has 3 atom stereocenters. The zero-order chi connectivity index (χ0) is 9.64. The van der Waals surface area contributed by atoms with Gasteiger partial charge in [0.15, 0.2) is 12.1 Å². The molecule has 0 aromatic rings. The maximum Gasteiger partial charge on any atom is 0.187 e. The minimum Gasteiger partial charge on any atom is -0.367 e. The minimum absolute atomic E-state index is 0.0523. The Labute approximate surface area is 77.4 Å². The van der Waals surface area contributed by atoms with E-state index in [9.17, 15) is 9.90 Å². The summed E-state index contributed by atoms with van der Waals surface area (Å²) in [6.45, 7) is 3.82. The predicted molar refractivity (Wildman–Crippen MR) is 47.0 cm³/mol. The molecule has 3 nitrogen and oxygen atoms in total. The van der Waals surface area contributed by atoms with Gasteiger partial charge in [-0.05, 0) is 25.3 Å². The van der Waals surface area contributed by atoms with Crippen molar-refractivity contribution in [1.29, 1.82) is 0 Å². The van der Waals surface area contributed by atoms with Gasteiger partial charge in [0.05, 0.1) is 0 Å². The molecule has 2 bridgehead atoms. The molecule has 0 aromatic heterocycles. The Balaban J connectivity index is 2.35. The van der Waals surface area contributed by atoms with Gasteiger partial charge in [-0.2, -0.15) is 0 Å². The Hall–Kier alpha value is -0.670. The molecule has 1 saturated carbocycles. The number of aliphatic hydroxyl groups excluding tert-OH is 1. The second kappa shape index (κ2) is 2.66. The third-order valence-electron chi connectivity index (χ3n) is 3.09. The third kappa shape index (κ3) is 1.15. The fraction of sp³-hybridized carbons (Fsp3) is 0.700. The van der Waals surface area contributed by atoms with Gasteiger partial charge in [-0.25, -0.2) is 0 Å². The molecular weight excluding hydrogens is 168 g/mol. The maximum absolute atomic E-state index is 11.6. The molecule has 1 aliphatic heterocycles. The molecule has 0 amide bonds. The van der Waals surface area contributed by atoms with Gasteiger partial charge in [0.25, 0.3) is 0 Å². The van der Waals surface area contributed by atoms with Crippen LogP contribution in [0.4, 0.5) is 0 Å². The summed E-state index contributed by atoms with van der Waals surface area (Å²) in [6.07, 6.45) is 1.94. The van der Waals surface area contributed by atoms with E-state index in [0.29, 0.717) is 12.8 Å². The third-order valence-corrected chi connectivity index (χ3v) is 3.09. The number of hydrogen-bond acceptors (Lipinski definition) is 3. The first kappa shape index (κ1) is 8.91. The van der Waals surface area contributed by atoms with E-state index >= 15 is 0 Å². The predicted octanol–water partition coefficient (Wildman–Crippen LogP) is 1.02. The van der Waals surface area contributed by atoms with E-state index in [-0.39, 0.29) is 11.2 Å². The van der Waals surface area contributed by atoms with Gasteiger partial charge in [-0.3, -0.25) is 4.79 Å². The average Bonchev–Trinajstić information content (AvgIpc) is 2.34. The molecule has 72 valence electrons. The van der Waals surface area contributed by atoms with Crippen LogP contribution in [-0.2, 0) is 9.53 Å². The summed E-state index contributed by atoms with van der Waals surface area (Å²) in [4.78, 5) is 11.6. The SMILES string of the molecule is C/C=C1\CC2(C)CC(OC2O)C1=O. The summed E-state index contributed by atoms with van der Waals surface area (Å²) < 4.78 is 5.20. The number of carbonyl (C=O) groups excluding carboxylic acids is 1. The molecular formula is C10H14O3. The van der Waals surface area contributed by atoms with Crippen molar-refractivity contribution in [2.24, 2.45) is 5.41 Å². The van der Waals surface area contributed by atoms with E-state index in [1.54, 1.807) is 0 Å². The number of Topliss-reactive ketones (excluding diaryl/α,β-unsaturated/α-hetero) is 1. The normalized spacial score (nSPS) is 47.3. The van der Waals surface area contributed by atoms with Crippen molar-refractivity contribution in [3.63, 3.8) is 0 Å². The molecule has 2 rings (SSSR count). The molecule has 3 unspecified atom stereocenters. The fourth-order valence-electron chi connectivity index (χ4n) is 2.18. The molecule has 1 aliphatic carbocycles. The Bertz CT molecular complexity index is 282. The highest BCUT2D eigenvalue weighted by Crippen LogP contribution is 2.47. The van der Waals surface area contributed by atoms with Crippen LogP contribution in [0.15, 0.2) is 11.6 Å². The largest absolute Gasteiger partial charge is 0.367 e. The summed E-state index contributed by atoms with van der Waals surface area (Å²) in [6, 6.07) is 0. The topological polar surface area (TPSA) is 46.5 Å². The van der Waals surface area contributed by atoms with Gasteiger partial charge in [-0.1, -0.05) is 13.0 Å². The van der Waals surface area contributed by atoms with E-state index < -0.39 is 12.4 Å². The molecule has 1 N–H and O–H groups in total. The minimum atomic E-state index is -0.779. The van der Waals surface area contributed by atoms with Gasteiger partial charge in [0.2, 0.25) is 0 Å². The van der Waals surface area contributed by atoms with E-state index in [0.717, 1.165) is 5.57 Å². The lowest BCUT2D eigenvalue weighted by molar-refractivity contribution is -0.142. The summed E-state index contributed by atoms with van der Waals surface area (Å²) in [7, 11) is 0. The monoisotopic (exact) mass is 182 g/mol. The van der Waals surface area contributed by atoms with Gasteiger partial charge >= 0.3 is 0 Å². The number of hydrogen-bond donors (Lipinski definition) is 1. The van der Waals surface area contributed by atoms with Crippen molar-refractivity contribution in [2.45, 2.75) is 39.1 Å². The molecule has 0 radical (unpaired) electrons. The number of rotatable bonds is 0. The number of carbonyl (C=O) groups is 1. The van der Waals surface area contributed by atoms with Crippen molar-refractivity contribution >= 4 is 5.78 Å². The molecule has 2 aliphatic rings. The van der Waals surface area contributed by atoms with E-state index in [4.69, 9.17) is 4.74 Å². The van der Waals surface area contributed by atoms with Crippen LogP contribution >= 0.6 is 0 Å². The van der Waals surface area contributed by atoms with Crippen LogP contribution in [0.25, 0.3) is 0 Å². The smallest absolute Gasteiger partial charge is 0.187 e. The first-order valence-corrected chi connectivity index (χ1v) is 4.60. The number of aliphatic hydroxyl groups is 1. The van der Waals surface area contributed by atoms with Gasteiger partial charge in [0.1, 0.15) is 6.10 Å². The lowest BCUT2D eigenvalue weighted by atomic mass is 9.73. The van der Waals surface area contributed by atoms with Crippen LogP contribution in [0.5, 0.6) is 0 Å². The summed E-state index contributed by atoms with van der Waals surface area (Å²) in [5.74, 6) is 0.0523. The Morgan fingerprint density at radius 2 is 2.38 bits per heavy atom. The van der Waals surface area contributed by atoms with Crippen molar-refractivity contribution < 1.29 is 14.6 Å². The summed E-state index contributed by atoms with van der Waals surface area (Å²) >= 11 is 0. The van der Waals surface area contributed by atoms with Gasteiger partial charge in [0, 0.05) is 5.41 Å². The zero-order valence-corrected chi connectivity index (χ0v) is 7.91. The fourth-order valence-corrected chi connectivity index (χ4v) is 2.18. The van der Waals surface area contributed by atoms with E-state index in [2.05, 4.69) is 0 Å². The summed E-state index contributed by atoms with van der Waals surface area (Å²) in [5.41, 5.74) is 0.552. The van der Waals surface area contributed by atoms with Crippen LogP contribution < -0.4 is 0 Å². The van der Waals surface area contributed by atoms with Crippen molar-refractivity contribution in [3.8, 4) is 0 Å². The van der Waals surface area contributed by atoms with E-state index in [1.807, 2.05) is 19.9 Å². The highest BCUT2D eigenvalue weighted by Gasteiger charge is 2.51. The van der Waals surface area contributed by atoms with Crippen molar-refractivity contribution in [3.05, 3.63) is 11.6 Å². The zero-order valence-electron chi connectivity index (χ0n) is 7.91. The van der Waals surface area contributed by atoms with Crippen LogP contribution in [0, 0.1) is 5.41 Å². The number of ketones is 1. The molecule has 1 saturated heterocycles. The van der Waals surface area contributed by atoms with Gasteiger partial charge < -0.3 is 9.84 Å². The van der Waals surface area contributed by atoms with Gasteiger partial charge in [-0.15, -0.1) is 0 Å². The first-order valence-electron chi connectivity index (χ1n) is 4.60. The van der Waals surface area contributed by atoms with Crippen LogP contribution in [0.2, 0.25) is 0 Å². The lowest BCUT2D eigenvalue weighted by Gasteiger charge is -2.28. The van der Waals surface area contributed by atoms with Crippen LogP contribution in [0.3, 0.4) is 0 Å². The summed E-state index contributed by atoms with van der Waals surface area (Å²) in [5, 5.41) is 9.59. The lowest BCUT2D eigenvalue weighted by Crippen LogP contribution is -2.32. The van der Waals surface area contributed by atoms with E-state index in [1.165, 1.54) is 0 Å². The highest BCUT2D eigenvalue weighted by molar-refractivity contribution is 6.00. The first-order chi connectivity index (χ1) is 6.07. The molecule has 3 heteroatoms. The van der Waals surface area contributed by atoms with Crippen LogP contribution in [-0.4, -0.2) is 23.3 Å². The second-order valence-electron chi connectivity index (χ2n) is 4.19. The van der Waals surface area contributed by atoms with Crippen molar-refractivity contribution in [1.82, 2.24) is 0 Å². The highest BCUT2D eigenvalue weighted by atomic mass is 16.6. The molecule has 0 aromatic carbocycles. The molecule has 2 fully saturated rings. The standard InChI is InChI=1S/C10H14O3/c1-3-6-4-10(2)5-7(8(6)11)13-9(10)12/h3,7,9,12H,4-5H2,1-2H3/b6-3+. The Morgan fingerprint density at radius 1 is 1.69 bits per heavy atom. The average molecular weight is 182 g/mol. The van der Waals surface area contributed by atoms with Crippen LogP contribution in [0.1, 0.15) is 26.7 Å². The maximum atomic E-state index is 11.6. The molecule has 0 spiro atoms. The molecule has 13 heavy (non-hydrogen) atoms.